The van der Waals surface area contributed by atoms with Gasteiger partial charge in [-0.25, -0.2) is 14.8 Å². The molecule has 4 amide bonds. The highest BCUT2D eigenvalue weighted by Gasteiger charge is 2.51. The van der Waals surface area contributed by atoms with E-state index in [1.165, 1.54) is 5.56 Å². The summed E-state index contributed by atoms with van der Waals surface area (Å²) in [6, 6.07) is 29.4. The fraction of sp³-hybridized carbons (Fsp3) is 0.312. The number of aryl methyl sites for hydroxylation is 1. The molecule has 0 spiro atoms. The van der Waals surface area contributed by atoms with E-state index in [4.69, 9.17) is 4.74 Å². The first-order valence-electron chi connectivity index (χ1n) is 20.8. The normalized spacial score (nSPS) is 18.7. The predicted molar refractivity (Wildman–Crippen MR) is 236 cm³/mol. The molecule has 13 heteroatoms. The number of ether oxygens (including phenoxy) is 1. The number of amides is 4. The molecule has 2 N–H and O–H groups in total. The number of benzene rings is 4. The monoisotopic (exact) mass is 822 g/mol. The second kappa shape index (κ2) is 18.0. The fourth-order valence-electron chi connectivity index (χ4n) is 9.09. The largest absolute Gasteiger partial charge is 0.508 e. The Balaban J connectivity index is 1.07. The molecule has 0 bridgehead atoms. The first-order valence-corrected chi connectivity index (χ1v) is 20.8. The van der Waals surface area contributed by atoms with Crippen molar-refractivity contribution in [2.75, 3.05) is 52.9 Å². The van der Waals surface area contributed by atoms with Crippen molar-refractivity contribution in [2.45, 2.75) is 38.3 Å². The number of hydrogen-bond donors (Lipinski definition) is 2. The van der Waals surface area contributed by atoms with Gasteiger partial charge in [-0.15, -0.1) is 6.58 Å². The van der Waals surface area contributed by atoms with Crippen molar-refractivity contribution in [2.24, 2.45) is 7.05 Å². The molecular formula is C48H54N8O5. The van der Waals surface area contributed by atoms with Crippen LogP contribution >= 0.6 is 0 Å². The Bertz CT molecular complexity index is 2410. The van der Waals surface area contributed by atoms with Crippen molar-refractivity contribution in [1.82, 2.24) is 39.5 Å². The summed E-state index contributed by atoms with van der Waals surface area (Å²) in [5, 5.41) is 17.4. The minimum atomic E-state index is -0.893. The highest BCUT2D eigenvalue weighted by atomic mass is 16.5. The molecule has 5 aromatic rings. The summed E-state index contributed by atoms with van der Waals surface area (Å²) >= 11 is 0. The predicted octanol–water partition coefficient (Wildman–Crippen LogP) is 5.42. The topological polar surface area (TPSA) is 117 Å². The van der Waals surface area contributed by atoms with Gasteiger partial charge in [0, 0.05) is 94.2 Å². The number of carbonyl (C=O) groups is 3. The van der Waals surface area contributed by atoms with E-state index in [0.717, 1.165) is 77.3 Å². The number of methoxy groups -OCH3 is 1. The van der Waals surface area contributed by atoms with Crippen LogP contribution < -0.4 is 10.1 Å². The number of hydrazine groups is 1. The van der Waals surface area contributed by atoms with Gasteiger partial charge in [-0.3, -0.25) is 14.5 Å². The number of urea groups is 1. The SMILES string of the molecule is C=CCN1CC(=O)N2[C@@H](Cc3ccc(O)cc3)C(=O)N(Cc3cccc4c(C(=C)N5CCN(Cc6ccccc6OC)CC5)cn(C)c34)C[C@@H]2N1C(=O)NCc1ccccc1. The van der Waals surface area contributed by atoms with Gasteiger partial charge in [0.1, 0.15) is 23.7 Å². The summed E-state index contributed by atoms with van der Waals surface area (Å²) in [5.41, 5.74) is 6.82. The highest BCUT2D eigenvalue weighted by molar-refractivity contribution is 5.95. The van der Waals surface area contributed by atoms with Gasteiger partial charge in [-0.2, -0.15) is 0 Å². The lowest BCUT2D eigenvalue weighted by molar-refractivity contribution is -0.189. The Labute approximate surface area is 357 Å². The van der Waals surface area contributed by atoms with Crippen molar-refractivity contribution in [3.05, 3.63) is 150 Å². The van der Waals surface area contributed by atoms with Crippen molar-refractivity contribution < 1.29 is 24.2 Å². The zero-order valence-electron chi connectivity index (χ0n) is 35.0. The summed E-state index contributed by atoms with van der Waals surface area (Å²) < 4.78 is 7.71. The first-order chi connectivity index (χ1) is 29.6. The van der Waals surface area contributed by atoms with Gasteiger partial charge in [-0.05, 0) is 34.9 Å². The van der Waals surface area contributed by atoms with Crippen molar-refractivity contribution in [3.63, 3.8) is 0 Å². The van der Waals surface area contributed by atoms with Crippen LogP contribution in [-0.2, 0) is 42.7 Å². The Morgan fingerprint density at radius 1 is 0.885 bits per heavy atom. The van der Waals surface area contributed by atoms with Crippen LogP contribution in [-0.4, -0.2) is 122 Å². The van der Waals surface area contributed by atoms with Crippen LogP contribution in [0.2, 0.25) is 0 Å². The van der Waals surface area contributed by atoms with Gasteiger partial charge in [0.2, 0.25) is 11.8 Å². The van der Waals surface area contributed by atoms with E-state index < -0.39 is 12.2 Å². The number of aromatic hydroxyl groups is 1. The van der Waals surface area contributed by atoms with Crippen molar-refractivity contribution >= 4 is 34.4 Å². The Hall–Kier alpha value is -6.57. The molecule has 0 aliphatic carbocycles. The number of para-hydroxylation sites is 2. The third-order valence-corrected chi connectivity index (χ3v) is 12.1. The third-order valence-electron chi connectivity index (χ3n) is 12.1. The van der Waals surface area contributed by atoms with E-state index in [1.807, 2.05) is 67.7 Å². The van der Waals surface area contributed by atoms with Crippen LogP contribution in [0.1, 0.15) is 27.8 Å². The zero-order valence-corrected chi connectivity index (χ0v) is 35.0. The molecule has 3 aliphatic heterocycles. The lowest BCUT2D eigenvalue weighted by Crippen LogP contribution is -2.76. The summed E-state index contributed by atoms with van der Waals surface area (Å²) in [6.07, 6.45) is 3.21. The third kappa shape index (κ3) is 8.57. The number of fused-ring (bicyclic) bond motifs is 2. The second-order valence-corrected chi connectivity index (χ2v) is 16.0. The van der Waals surface area contributed by atoms with Gasteiger partial charge >= 0.3 is 6.03 Å². The standard InChI is InChI=1S/C48H54N8O5/c1-5-22-54-33-45(58)55-42(27-35-18-20-39(57)21-19-35)47(59)53(32-44(55)56(54)48(60)49-28-36-12-7-6-8-13-36)30-38-15-11-16-40-41(31-50(3)46(38)40)34(2)52-25-23-51(24-26-52)29-37-14-9-10-17-43(37)61-4/h5-21,31,42,44,57H,1-2,22-30,32-33H2,3-4H3,(H,49,60)/t42-,44-/m0/s1. The van der Waals surface area contributed by atoms with E-state index in [0.29, 0.717) is 6.54 Å². The van der Waals surface area contributed by atoms with Gasteiger partial charge in [0.05, 0.1) is 25.7 Å². The molecule has 8 rings (SSSR count). The maximum atomic E-state index is 14.8. The van der Waals surface area contributed by atoms with E-state index in [1.54, 1.807) is 57.3 Å². The fourth-order valence-corrected chi connectivity index (χ4v) is 9.09. The molecule has 4 aromatic carbocycles. The molecule has 316 valence electrons. The summed E-state index contributed by atoms with van der Waals surface area (Å²) in [7, 11) is 3.73. The van der Waals surface area contributed by atoms with Gasteiger partial charge in [0.15, 0.2) is 0 Å². The molecule has 0 unspecified atom stereocenters. The van der Waals surface area contributed by atoms with Gasteiger partial charge in [-0.1, -0.05) is 91.5 Å². The number of aromatic nitrogens is 1. The number of hydrogen-bond acceptors (Lipinski definition) is 8. The van der Waals surface area contributed by atoms with Gasteiger partial charge in [0.25, 0.3) is 0 Å². The van der Waals surface area contributed by atoms with E-state index in [2.05, 4.69) is 51.2 Å². The van der Waals surface area contributed by atoms with Crippen LogP contribution in [0, 0.1) is 0 Å². The number of nitrogens with one attached hydrogen (secondary N) is 1. The minimum Gasteiger partial charge on any atom is -0.508 e. The molecule has 0 radical (unpaired) electrons. The van der Waals surface area contributed by atoms with Crippen LogP contribution in [0.15, 0.2) is 122 Å². The molecule has 1 aromatic heterocycles. The summed E-state index contributed by atoms with van der Waals surface area (Å²) in [4.78, 5) is 51.4. The van der Waals surface area contributed by atoms with Crippen LogP contribution in [0.25, 0.3) is 16.6 Å². The van der Waals surface area contributed by atoms with Crippen molar-refractivity contribution in [1.29, 1.82) is 0 Å². The number of phenols is 1. The van der Waals surface area contributed by atoms with Gasteiger partial charge < -0.3 is 34.4 Å². The number of nitrogens with zero attached hydrogens (tertiary/aromatic N) is 7. The zero-order chi connectivity index (χ0) is 42.6. The molecular weight excluding hydrogens is 769 g/mol. The number of carbonyl (C=O) groups excluding carboxylic acids is 3. The smallest absolute Gasteiger partial charge is 0.334 e. The minimum absolute atomic E-state index is 0.0905. The number of piperazine rings is 2. The molecule has 4 heterocycles. The summed E-state index contributed by atoms with van der Waals surface area (Å²) in [5.74, 6) is 0.559. The number of rotatable bonds is 13. The molecule has 61 heavy (non-hydrogen) atoms. The van der Waals surface area contributed by atoms with Crippen LogP contribution in [0.5, 0.6) is 11.5 Å². The average Bonchev–Trinajstić information content (AvgIpc) is 3.62. The quantitative estimate of drug-likeness (QED) is 0.152. The first kappa shape index (κ1) is 41.2. The molecule has 0 saturated carbocycles. The van der Waals surface area contributed by atoms with E-state index in [-0.39, 0.29) is 56.2 Å². The van der Waals surface area contributed by atoms with E-state index >= 15 is 0 Å². The van der Waals surface area contributed by atoms with E-state index in [9.17, 15) is 19.5 Å². The average molecular weight is 823 g/mol. The molecule has 13 nitrogen and oxygen atoms in total. The Kier molecular flexibility index (Phi) is 12.1. The highest BCUT2D eigenvalue weighted by Crippen LogP contribution is 2.34. The lowest BCUT2D eigenvalue weighted by Gasteiger charge is -2.55. The Morgan fingerprint density at radius 3 is 2.34 bits per heavy atom. The van der Waals surface area contributed by atoms with Crippen LogP contribution in [0.3, 0.4) is 0 Å². The maximum Gasteiger partial charge on any atom is 0.334 e. The summed E-state index contributed by atoms with van der Waals surface area (Å²) in [6.45, 7) is 13.6. The molecule has 3 aliphatic rings. The van der Waals surface area contributed by atoms with Crippen molar-refractivity contribution in [3.8, 4) is 11.5 Å². The molecule has 2 atom stereocenters. The lowest BCUT2D eigenvalue weighted by atomic mass is 9.98. The second-order valence-electron chi connectivity index (χ2n) is 16.0. The maximum absolute atomic E-state index is 14.8. The molecule has 3 saturated heterocycles. The Morgan fingerprint density at radius 2 is 1.61 bits per heavy atom. The molecule has 3 fully saturated rings. The van der Waals surface area contributed by atoms with Crippen LogP contribution in [0.4, 0.5) is 4.79 Å². The number of phenolic OH excluding ortho intramolecular Hbond substituents is 1.